The topological polar surface area (TPSA) is 81.1 Å². The predicted molar refractivity (Wildman–Crippen MR) is 89.6 cm³/mol. The Labute approximate surface area is 143 Å². The fourth-order valence-electron chi connectivity index (χ4n) is 4.94. The first-order valence-electron chi connectivity index (χ1n) is 9.04. The second kappa shape index (κ2) is 5.61. The number of urea groups is 1. The molecule has 6 heteroatoms. The molecule has 24 heavy (non-hydrogen) atoms. The first kappa shape index (κ1) is 17.5. The molecule has 2 heterocycles. The molecule has 2 N–H and O–H groups in total. The molecule has 2 amide bonds. The third kappa shape index (κ3) is 2.79. The lowest BCUT2D eigenvalue weighted by Crippen LogP contribution is -2.58. The Morgan fingerprint density at radius 1 is 1.08 bits per heavy atom. The number of nitrogens with zero attached hydrogens (tertiary/aromatic N) is 2. The molecule has 0 aromatic heterocycles. The highest BCUT2D eigenvalue weighted by atomic mass is 16.4. The number of hydrogen-bond donors (Lipinski definition) is 2. The summed E-state index contributed by atoms with van der Waals surface area (Å²) in [5.74, 6) is -0.436. The van der Waals surface area contributed by atoms with E-state index in [4.69, 9.17) is 5.11 Å². The molecule has 0 aromatic rings. The minimum Gasteiger partial charge on any atom is -0.481 e. The smallest absolute Gasteiger partial charge is 0.320 e. The van der Waals surface area contributed by atoms with Crippen molar-refractivity contribution in [3.63, 3.8) is 0 Å². The summed E-state index contributed by atoms with van der Waals surface area (Å²) in [6.45, 7) is 9.45. The van der Waals surface area contributed by atoms with Crippen molar-refractivity contribution >= 4 is 12.0 Å². The zero-order valence-electron chi connectivity index (χ0n) is 15.0. The average Bonchev–Trinajstić information content (AvgIpc) is 2.63. The number of carboxylic acid groups (broad SMARTS) is 1. The van der Waals surface area contributed by atoms with Crippen molar-refractivity contribution in [2.75, 3.05) is 26.2 Å². The van der Waals surface area contributed by atoms with Gasteiger partial charge in [0, 0.05) is 26.2 Å². The van der Waals surface area contributed by atoms with E-state index in [1.54, 1.807) is 4.90 Å². The molecule has 1 aliphatic carbocycles. The van der Waals surface area contributed by atoms with Crippen molar-refractivity contribution in [2.24, 2.45) is 16.7 Å². The van der Waals surface area contributed by atoms with Gasteiger partial charge in [0.15, 0.2) is 0 Å². The van der Waals surface area contributed by atoms with Crippen LogP contribution in [0.4, 0.5) is 4.79 Å². The van der Waals surface area contributed by atoms with Crippen LogP contribution in [-0.4, -0.2) is 63.8 Å². The summed E-state index contributed by atoms with van der Waals surface area (Å²) in [7, 11) is 0. The first-order chi connectivity index (χ1) is 11.1. The van der Waals surface area contributed by atoms with E-state index in [0.717, 1.165) is 13.1 Å². The lowest BCUT2D eigenvalue weighted by Gasteiger charge is -2.51. The molecule has 2 saturated heterocycles. The van der Waals surface area contributed by atoms with Crippen LogP contribution in [0.2, 0.25) is 0 Å². The predicted octanol–water partition coefficient (Wildman–Crippen LogP) is 2.17. The Bertz CT molecular complexity index is 539. The minimum atomic E-state index is -1.17. The van der Waals surface area contributed by atoms with Crippen LogP contribution in [0.1, 0.15) is 52.9 Å². The molecular formula is C18H30N2O4. The highest BCUT2D eigenvalue weighted by Gasteiger charge is 2.56. The van der Waals surface area contributed by atoms with E-state index in [1.165, 1.54) is 12.8 Å². The molecule has 0 radical (unpaired) electrons. The fraction of sp³-hybridized carbons (Fsp3) is 0.889. The number of carbonyl (C=O) groups is 2. The summed E-state index contributed by atoms with van der Waals surface area (Å²) < 4.78 is 0. The van der Waals surface area contributed by atoms with E-state index in [9.17, 15) is 14.7 Å². The van der Waals surface area contributed by atoms with Gasteiger partial charge in [-0.15, -0.1) is 0 Å². The van der Waals surface area contributed by atoms with E-state index in [2.05, 4.69) is 20.8 Å². The largest absolute Gasteiger partial charge is 0.481 e. The molecule has 3 rings (SSSR count). The first-order valence-corrected chi connectivity index (χ1v) is 9.04. The average molecular weight is 338 g/mol. The van der Waals surface area contributed by atoms with Gasteiger partial charge in [0.1, 0.15) is 0 Å². The Balaban J connectivity index is 1.62. The Kier molecular flexibility index (Phi) is 4.10. The number of rotatable bonds is 2. The van der Waals surface area contributed by atoms with Gasteiger partial charge in [-0.25, -0.2) is 4.79 Å². The van der Waals surface area contributed by atoms with Crippen molar-refractivity contribution < 1.29 is 19.8 Å². The van der Waals surface area contributed by atoms with Gasteiger partial charge in [0.2, 0.25) is 0 Å². The van der Waals surface area contributed by atoms with Crippen LogP contribution < -0.4 is 0 Å². The summed E-state index contributed by atoms with van der Waals surface area (Å²) in [6, 6.07) is 0.0565. The number of piperidine rings is 2. The molecule has 6 nitrogen and oxygen atoms in total. The second-order valence-electron chi connectivity index (χ2n) is 8.96. The quantitative estimate of drug-likeness (QED) is 0.808. The van der Waals surface area contributed by atoms with Gasteiger partial charge in [0.05, 0.1) is 12.0 Å². The number of likely N-dealkylation sites (tertiary alicyclic amines) is 2. The third-order valence-corrected chi connectivity index (χ3v) is 7.32. The molecular weight excluding hydrogens is 308 g/mol. The summed E-state index contributed by atoms with van der Waals surface area (Å²) >= 11 is 0. The Morgan fingerprint density at radius 2 is 1.71 bits per heavy atom. The molecule has 3 fully saturated rings. The van der Waals surface area contributed by atoms with Crippen LogP contribution in [0.15, 0.2) is 0 Å². The number of carboxylic acids is 1. The standard InChI is InChI=1S/C18H30N2O4/c1-16(2)13-4-5-17(16,3)12-20(11-13)15(23)19-8-6-18(24,7-9-19)10-14(21)22/h13,24H,4-12H2,1-3H3,(H,21,22)/t13-,17+/m1/s1. The summed E-state index contributed by atoms with van der Waals surface area (Å²) in [5.41, 5.74) is -0.726. The maximum atomic E-state index is 12.9. The number of aliphatic carboxylic acids is 1. The van der Waals surface area contributed by atoms with E-state index < -0.39 is 11.6 Å². The van der Waals surface area contributed by atoms with Crippen LogP contribution in [0.3, 0.4) is 0 Å². The van der Waals surface area contributed by atoms with Crippen LogP contribution in [0.5, 0.6) is 0 Å². The summed E-state index contributed by atoms with van der Waals surface area (Å²) in [5, 5.41) is 19.2. The second-order valence-corrected chi connectivity index (χ2v) is 8.96. The van der Waals surface area contributed by atoms with E-state index in [-0.39, 0.29) is 23.3 Å². The number of hydrogen-bond acceptors (Lipinski definition) is 3. The number of amides is 2. The summed E-state index contributed by atoms with van der Waals surface area (Å²) in [6.07, 6.45) is 2.79. The number of carbonyl (C=O) groups excluding carboxylic acids is 1. The van der Waals surface area contributed by atoms with Crippen LogP contribution in [-0.2, 0) is 4.79 Å². The maximum Gasteiger partial charge on any atom is 0.320 e. The van der Waals surface area contributed by atoms with Gasteiger partial charge in [-0.2, -0.15) is 0 Å². The van der Waals surface area contributed by atoms with Crippen molar-refractivity contribution in [2.45, 2.75) is 58.5 Å². The molecule has 0 spiro atoms. The molecule has 2 bridgehead atoms. The van der Waals surface area contributed by atoms with Crippen molar-refractivity contribution in [1.82, 2.24) is 9.80 Å². The van der Waals surface area contributed by atoms with Crippen molar-refractivity contribution in [3.8, 4) is 0 Å². The molecule has 0 unspecified atom stereocenters. The molecule has 136 valence electrons. The number of aliphatic hydroxyl groups is 1. The van der Waals surface area contributed by atoms with E-state index >= 15 is 0 Å². The molecule has 2 aliphatic heterocycles. The highest BCUT2D eigenvalue weighted by Crippen LogP contribution is 2.59. The summed E-state index contributed by atoms with van der Waals surface area (Å²) in [4.78, 5) is 27.6. The van der Waals surface area contributed by atoms with Gasteiger partial charge >= 0.3 is 12.0 Å². The fourth-order valence-corrected chi connectivity index (χ4v) is 4.94. The number of fused-ring (bicyclic) bond motifs is 2. The normalized spacial score (nSPS) is 34.2. The van der Waals surface area contributed by atoms with Gasteiger partial charge in [0.25, 0.3) is 0 Å². The van der Waals surface area contributed by atoms with E-state index in [1.807, 2.05) is 4.90 Å². The van der Waals surface area contributed by atoms with Crippen molar-refractivity contribution in [1.29, 1.82) is 0 Å². The van der Waals surface area contributed by atoms with Crippen LogP contribution in [0.25, 0.3) is 0 Å². The lowest BCUT2D eigenvalue weighted by molar-refractivity contribution is -0.144. The van der Waals surface area contributed by atoms with Gasteiger partial charge in [-0.05, 0) is 42.4 Å². The molecule has 1 saturated carbocycles. The third-order valence-electron chi connectivity index (χ3n) is 7.32. The maximum absolute atomic E-state index is 12.9. The SMILES string of the molecule is CC1(C)[C@@H]2CC[C@@]1(C)CN(C(=O)N1CCC(O)(CC(=O)O)CC1)C2. The van der Waals surface area contributed by atoms with E-state index in [0.29, 0.717) is 31.8 Å². The zero-order valence-corrected chi connectivity index (χ0v) is 15.0. The minimum absolute atomic E-state index is 0.0565. The molecule has 3 aliphatic rings. The van der Waals surface area contributed by atoms with Crippen LogP contribution >= 0.6 is 0 Å². The van der Waals surface area contributed by atoms with Crippen LogP contribution in [0, 0.1) is 16.7 Å². The Morgan fingerprint density at radius 3 is 2.25 bits per heavy atom. The molecule has 0 aromatic carbocycles. The van der Waals surface area contributed by atoms with Gasteiger partial charge in [-0.3, -0.25) is 4.79 Å². The monoisotopic (exact) mass is 338 g/mol. The molecule has 2 atom stereocenters. The highest BCUT2D eigenvalue weighted by molar-refractivity contribution is 5.75. The van der Waals surface area contributed by atoms with Gasteiger partial charge in [-0.1, -0.05) is 20.8 Å². The van der Waals surface area contributed by atoms with Crippen molar-refractivity contribution in [3.05, 3.63) is 0 Å². The lowest BCUT2D eigenvalue weighted by atomic mass is 9.63. The Hall–Kier alpha value is -1.30. The van der Waals surface area contributed by atoms with Gasteiger partial charge < -0.3 is 20.0 Å². The zero-order chi connectivity index (χ0) is 17.8.